The molecule has 0 aromatic heterocycles. The molecule has 0 N–H and O–H groups in total. The molecular weight excluding hydrogens is 256 g/mol. The molecule has 0 amide bonds. The average Bonchev–Trinajstić information content (AvgIpc) is 2.54. The van der Waals surface area contributed by atoms with E-state index in [0.29, 0.717) is 5.56 Å². The van der Waals surface area contributed by atoms with E-state index in [2.05, 4.69) is 31.2 Å². The van der Waals surface area contributed by atoms with E-state index in [9.17, 15) is 4.79 Å². The Morgan fingerprint density at radius 3 is 2.38 bits per heavy atom. The quantitative estimate of drug-likeness (QED) is 0.482. The minimum Gasteiger partial charge on any atom is -0.289 e. The summed E-state index contributed by atoms with van der Waals surface area (Å²) < 4.78 is 0. The summed E-state index contributed by atoms with van der Waals surface area (Å²) in [5.74, 6) is 0.0305. The molecule has 0 saturated carbocycles. The standard InChI is InChI=1S/C20H16O/c1-15-11-12-16-7-5-6-10-19(16)18(15)13-14-20(21)17-8-3-2-4-9-17/h2-14H,1H3/b14-13+. The monoisotopic (exact) mass is 272 g/mol. The number of carbonyl (C=O) groups is 1. The molecule has 0 heterocycles. The molecular formula is C20H16O. The third-order valence-electron chi connectivity index (χ3n) is 3.65. The van der Waals surface area contributed by atoms with Gasteiger partial charge in [0.1, 0.15) is 0 Å². The second-order valence-electron chi connectivity index (χ2n) is 5.08. The Hall–Kier alpha value is -2.67. The highest BCUT2D eigenvalue weighted by Crippen LogP contribution is 2.23. The van der Waals surface area contributed by atoms with Crippen LogP contribution in [-0.2, 0) is 0 Å². The average molecular weight is 272 g/mol. The van der Waals surface area contributed by atoms with Crippen molar-refractivity contribution in [2.24, 2.45) is 0 Å². The third-order valence-corrected chi connectivity index (χ3v) is 3.65. The molecule has 1 nitrogen and oxygen atoms in total. The van der Waals surface area contributed by atoms with Crippen LogP contribution in [0.3, 0.4) is 0 Å². The van der Waals surface area contributed by atoms with Gasteiger partial charge in [-0.25, -0.2) is 0 Å². The number of carbonyl (C=O) groups excluding carboxylic acids is 1. The van der Waals surface area contributed by atoms with Gasteiger partial charge in [0.2, 0.25) is 0 Å². The highest BCUT2D eigenvalue weighted by molar-refractivity contribution is 6.08. The van der Waals surface area contributed by atoms with Crippen molar-refractivity contribution in [1.82, 2.24) is 0 Å². The number of rotatable bonds is 3. The number of allylic oxidation sites excluding steroid dienone is 1. The van der Waals surface area contributed by atoms with Crippen LogP contribution in [0.2, 0.25) is 0 Å². The lowest BCUT2D eigenvalue weighted by atomic mass is 9.98. The second kappa shape index (κ2) is 5.76. The predicted octanol–water partition coefficient (Wildman–Crippen LogP) is 5.04. The van der Waals surface area contributed by atoms with Crippen molar-refractivity contribution >= 4 is 22.6 Å². The largest absolute Gasteiger partial charge is 0.289 e. The normalized spacial score (nSPS) is 11.1. The van der Waals surface area contributed by atoms with Crippen molar-refractivity contribution in [1.29, 1.82) is 0 Å². The van der Waals surface area contributed by atoms with E-state index in [-0.39, 0.29) is 5.78 Å². The molecule has 0 radical (unpaired) electrons. The van der Waals surface area contributed by atoms with Crippen LogP contribution in [-0.4, -0.2) is 5.78 Å². The van der Waals surface area contributed by atoms with Crippen LogP contribution in [0.5, 0.6) is 0 Å². The fourth-order valence-electron chi connectivity index (χ4n) is 2.48. The van der Waals surface area contributed by atoms with Gasteiger partial charge < -0.3 is 0 Å². The SMILES string of the molecule is Cc1ccc2ccccc2c1/C=C/C(=O)c1ccccc1. The van der Waals surface area contributed by atoms with Gasteiger partial charge in [0.15, 0.2) is 5.78 Å². The number of aryl methyl sites for hydroxylation is 1. The topological polar surface area (TPSA) is 17.1 Å². The molecule has 0 aliphatic rings. The number of hydrogen-bond donors (Lipinski definition) is 0. The molecule has 3 aromatic carbocycles. The lowest BCUT2D eigenvalue weighted by molar-refractivity contribution is 0.104. The summed E-state index contributed by atoms with van der Waals surface area (Å²) in [6, 6.07) is 21.8. The minimum atomic E-state index is 0.0305. The number of ketones is 1. The Balaban J connectivity index is 2.00. The van der Waals surface area contributed by atoms with Gasteiger partial charge >= 0.3 is 0 Å². The first-order valence-electron chi connectivity index (χ1n) is 7.01. The first-order chi connectivity index (χ1) is 10.3. The molecule has 0 saturated heterocycles. The molecule has 0 atom stereocenters. The second-order valence-corrected chi connectivity index (χ2v) is 5.08. The summed E-state index contributed by atoms with van der Waals surface area (Å²) in [5.41, 5.74) is 3.00. The molecule has 0 unspecified atom stereocenters. The zero-order valence-corrected chi connectivity index (χ0v) is 11.9. The van der Waals surface area contributed by atoms with Crippen molar-refractivity contribution in [3.05, 3.63) is 89.5 Å². The van der Waals surface area contributed by atoms with E-state index in [4.69, 9.17) is 0 Å². The molecule has 1 heteroatoms. The molecule has 0 fully saturated rings. The van der Waals surface area contributed by atoms with Crippen LogP contribution >= 0.6 is 0 Å². The van der Waals surface area contributed by atoms with Gasteiger partial charge in [-0.15, -0.1) is 0 Å². The molecule has 0 bridgehead atoms. The highest BCUT2D eigenvalue weighted by Gasteiger charge is 2.03. The van der Waals surface area contributed by atoms with Crippen molar-refractivity contribution in [2.75, 3.05) is 0 Å². The van der Waals surface area contributed by atoms with Crippen LogP contribution in [0.25, 0.3) is 16.8 Å². The van der Waals surface area contributed by atoms with Gasteiger partial charge in [0.05, 0.1) is 0 Å². The smallest absolute Gasteiger partial charge is 0.185 e. The van der Waals surface area contributed by atoms with Crippen LogP contribution in [0.15, 0.2) is 72.8 Å². The first-order valence-corrected chi connectivity index (χ1v) is 7.01. The summed E-state index contributed by atoms with van der Waals surface area (Å²) in [7, 11) is 0. The summed E-state index contributed by atoms with van der Waals surface area (Å²) in [6.45, 7) is 2.07. The maximum absolute atomic E-state index is 12.2. The van der Waals surface area contributed by atoms with Crippen LogP contribution in [0.4, 0.5) is 0 Å². The van der Waals surface area contributed by atoms with Crippen LogP contribution < -0.4 is 0 Å². The fourth-order valence-corrected chi connectivity index (χ4v) is 2.48. The minimum absolute atomic E-state index is 0.0305. The molecule has 0 aliphatic heterocycles. The zero-order valence-electron chi connectivity index (χ0n) is 11.9. The Morgan fingerprint density at radius 1 is 0.857 bits per heavy atom. The number of hydrogen-bond acceptors (Lipinski definition) is 1. The zero-order chi connectivity index (χ0) is 14.7. The van der Waals surface area contributed by atoms with Gasteiger partial charge in [-0.3, -0.25) is 4.79 Å². The number of fused-ring (bicyclic) bond motifs is 1. The lowest BCUT2D eigenvalue weighted by Crippen LogP contribution is -1.93. The van der Waals surface area contributed by atoms with Gasteiger partial charge in [-0.05, 0) is 34.9 Å². The summed E-state index contributed by atoms with van der Waals surface area (Å²) in [6.07, 6.45) is 3.58. The third kappa shape index (κ3) is 2.77. The molecule has 21 heavy (non-hydrogen) atoms. The Bertz CT molecular complexity index is 814. The molecule has 3 rings (SSSR count). The maximum Gasteiger partial charge on any atom is 0.185 e. The number of benzene rings is 3. The molecule has 0 aliphatic carbocycles. The van der Waals surface area contributed by atoms with E-state index in [1.807, 2.05) is 48.5 Å². The van der Waals surface area contributed by atoms with E-state index in [1.165, 1.54) is 16.3 Å². The van der Waals surface area contributed by atoms with Gasteiger partial charge in [0.25, 0.3) is 0 Å². The maximum atomic E-state index is 12.2. The van der Waals surface area contributed by atoms with E-state index in [1.54, 1.807) is 6.08 Å². The fraction of sp³-hybridized carbons (Fsp3) is 0.0500. The van der Waals surface area contributed by atoms with E-state index in [0.717, 1.165) is 5.56 Å². The Labute approximate surface area is 124 Å². The summed E-state index contributed by atoms with van der Waals surface area (Å²) in [4.78, 5) is 12.2. The van der Waals surface area contributed by atoms with Gasteiger partial charge in [0, 0.05) is 5.56 Å². The molecule has 3 aromatic rings. The predicted molar refractivity (Wildman–Crippen MR) is 88.5 cm³/mol. The van der Waals surface area contributed by atoms with Gasteiger partial charge in [-0.2, -0.15) is 0 Å². The van der Waals surface area contributed by atoms with Crippen molar-refractivity contribution in [2.45, 2.75) is 6.92 Å². The molecule has 0 spiro atoms. The molecule has 102 valence electrons. The Morgan fingerprint density at radius 2 is 1.57 bits per heavy atom. The van der Waals surface area contributed by atoms with Crippen LogP contribution in [0.1, 0.15) is 21.5 Å². The van der Waals surface area contributed by atoms with Crippen molar-refractivity contribution < 1.29 is 4.79 Å². The van der Waals surface area contributed by atoms with Crippen LogP contribution in [0, 0.1) is 6.92 Å². The first kappa shape index (κ1) is 13.3. The lowest BCUT2D eigenvalue weighted by Gasteiger charge is -2.06. The highest BCUT2D eigenvalue weighted by atomic mass is 16.1. The Kier molecular flexibility index (Phi) is 3.65. The van der Waals surface area contributed by atoms with Crippen molar-refractivity contribution in [3.8, 4) is 0 Å². The van der Waals surface area contributed by atoms with E-state index >= 15 is 0 Å². The van der Waals surface area contributed by atoms with E-state index < -0.39 is 0 Å². The van der Waals surface area contributed by atoms with Crippen molar-refractivity contribution in [3.63, 3.8) is 0 Å². The summed E-state index contributed by atoms with van der Waals surface area (Å²) in [5, 5.41) is 2.37. The van der Waals surface area contributed by atoms with Gasteiger partial charge in [-0.1, -0.05) is 72.8 Å². The summed E-state index contributed by atoms with van der Waals surface area (Å²) >= 11 is 0.